The topological polar surface area (TPSA) is 12.5 Å². The molecule has 1 aliphatic carbocycles. The molecule has 0 bridgehead atoms. The maximum Gasteiger partial charge on any atom is 0.0904 e. The van der Waals surface area contributed by atoms with Crippen molar-refractivity contribution in [2.45, 2.75) is 63.3 Å². The van der Waals surface area contributed by atoms with Crippen LogP contribution in [0, 0.1) is 0 Å². The first kappa shape index (κ1) is 11.6. The molecule has 2 radical (unpaired) electrons. The molecule has 3 rings (SSSR count). The van der Waals surface area contributed by atoms with Crippen molar-refractivity contribution >= 4 is 7.85 Å². The van der Waals surface area contributed by atoms with Gasteiger partial charge in [-0.3, -0.25) is 0 Å². The largest absolute Gasteiger partial charge is 0.376 e. The molecule has 2 aliphatic heterocycles. The van der Waals surface area contributed by atoms with E-state index in [1.54, 1.807) is 11.3 Å². The second kappa shape index (κ2) is 4.05. The van der Waals surface area contributed by atoms with Crippen LogP contribution in [0.4, 0.5) is 0 Å². The van der Waals surface area contributed by atoms with Crippen LogP contribution in [-0.4, -0.2) is 37.5 Å². The van der Waals surface area contributed by atoms with Crippen molar-refractivity contribution in [1.82, 2.24) is 4.90 Å². The molecule has 3 aliphatic rings. The van der Waals surface area contributed by atoms with E-state index in [2.05, 4.69) is 18.7 Å². The van der Waals surface area contributed by atoms with Crippen molar-refractivity contribution in [2.24, 2.45) is 0 Å². The number of hydrogen-bond donors (Lipinski definition) is 0. The van der Waals surface area contributed by atoms with E-state index in [0.717, 1.165) is 19.6 Å². The monoisotopic (exact) mass is 231 g/mol. The molecule has 2 heterocycles. The van der Waals surface area contributed by atoms with Crippen LogP contribution in [0.2, 0.25) is 5.82 Å². The second-order valence-electron chi connectivity index (χ2n) is 6.26. The maximum absolute atomic E-state index is 6.18. The zero-order valence-corrected chi connectivity index (χ0v) is 11.0. The molecule has 0 aromatic carbocycles. The van der Waals surface area contributed by atoms with E-state index in [1.807, 2.05) is 0 Å². The molecule has 1 saturated heterocycles. The Morgan fingerprint density at radius 2 is 2.18 bits per heavy atom. The Kier molecular flexibility index (Phi) is 2.77. The van der Waals surface area contributed by atoms with Crippen LogP contribution >= 0.6 is 0 Å². The zero-order chi connectivity index (χ0) is 12.0. The van der Waals surface area contributed by atoms with Gasteiger partial charge in [-0.1, -0.05) is 12.2 Å². The van der Waals surface area contributed by atoms with E-state index in [9.17, 15) is 0 Å². The molecule has 92 valence electrons. The number of nitrogens with zero attached hydrogens (tertiary/aromatic N) is 1. The molecular weight excluding hydrogens is 209 g/mol. The lowest BCUT2D eigenvalue weighted by atomic mass is 9.78. The van der Waals surface area contributed by atoms with Gasteiger partial charge in [-0.2, -0.15) is 0 Å². The van der Waals surface area contributed by atoms with Gasteiger partial charge in [0.05, 0.1) is 26.6 Å². The summed E-state index contributed by atoms with van der Waals surface area (Å²) in [6.45, 7) is 6.43. The molecule has 1 unspecified atom stereocenters. The summed E-state index contributed by atoms with van der Waals surface area (Å²) in [5.41, 5.74) is 3.54. The van der Waals surface area contributed by atoms with Crippen molar-refractivity contribution in [3.63, 3.8) is 0 Å². The summed E-state index contributed by atoms with van der Waals surface area (Å²) in [6.07, 6.45) is 5.97. The predicted molar refractivity (Wildman–Crippen MR) is 70.1 cm³/mol. The van der Waals surface area contributed by atoms with Gasteiger partial charge in [0.25, 0.3) is 0 Å². The Balaban J connectivity index is 1.91. The van der Waals surface area contributed by atoms with Crippen molar-refractivity contribution in [1.29, 1.82) is 0 Å². The fraction of sp³-hybridized carbons (Fsp3) is 0.857. The SMILES string of the molecule is [B]C1CCCC2=C(C1)CC1(COC1)N2C(C)C. The van der Waals surface area contributed by atoms with Crippen LogP contribution in [0.1, 0.15) is 46.0 Å². The van der Waals surface area contributed by atoms with Gasteiger partial charge in [0.15, 0.2) is 0 Å². The van der Waals surface area contributed by atoms with Gasteiger partial charge < -0.3 is 9.64 Å². The number of rotatable bonds is 1. The van der Waals surface area contributed by atoms with Gasteiger partial charge in [0.1, 0.15) is 0 Å². The summed E-state index contributed by atoms with van der Waals surface area (Å²) in [6, 6.07) is 0.584. The van der Waals surface area contributed by atoms with Gasteiger partial charge in [-0.05, 0) is 45.1 Å². The van der Waals surface area contributed by atoms with E-state index in [0.29, 0.717) is 17.4 Å². The molecular formula is C14H22BNO. The number of hydrogen-bond acceptors (Lipinski definition) is 2. The van der Waals surface area contributed by atoms with E-state index in [-0.39, 0.29) is 0 Å². The molecule has 3 heteroatoms. The second-order valence-corrected chi connectivity index (χ2v) is 6.26. The molecule has 0 amide bonds. The van der Waals surface area contributed by atoms with Crippen molar-refractivity contribution in [3.8, 4) is 0 Å². The van der Waals surface area contributed by atoms with Crippen molar-refractivity contribution in [2.75, 3.05) is 13.2 Å². The molecule has 0 N–H and O–H groups in total. The normalized spacial score (nSPS) is 31.7. The first-order valence-electron chi connectivity index (χ1n) is 6.96. The minimum atomic E-state index is 0.301. The lowest BCUT2D eigenvalue weighted by Crippen LogP contribution is -2.61. The average Bonchev–Trinajstić information content (AvgIpc) is 2.43. The zero-order valence-electron chi connectivity index (χ0n) is 11.0. The van der Waals surface area contributed by atoms with Crippen LogP contribution in [0.5, 0.6) is 0 Å². The first-order valence-corrected chi connectivity index (χ1v) is 6.96. The highest BCUT2D eigenvalue weighted by molar-refractivity contribution is 6.11. The summed E-state index contributed by atoms with van der Waals surface area (Å²) in [4.78, 5) is 2.66. The highest BCUT2D eigenvalue weighted by Crippen LogP contribution is 2.48. The van der Waals surface area contributed by atoms with Gasteiger partial charge in [0.2, 0.25) is 0 Å². The number of ether oxygens (including phenoxy) is 1. The van der Waals surface area contributed by atoms with Gasteiger partial charge >= 0.3 is 0 Å². The van der Waals surface area contributed by atoms with Crippen molar-refractivity contribution in [3.05, 3.63) is 11.3 Å². The molecule has 2 nitrogen and oxygen atoms in total. The molecule has 0 aromatic heterocycles. The lowest BCUT2D eigenvalue weighted by Gasteiger charge is -2.50. The van der Waals surface area contributed by atoms with E-state index < -0.39 is 0 Å². The van der Waals surface area contributed by atoms with Crippen LogP contribution in [0.3, 0.4) is 0 Å². The van der Waals surface area contributed by atoms with Gasteiger partial charge in [-0.15, -0.1) is 0 Å². The lowest BCUT2D eigenvalue weighted by molar-refractivity contribution is -0.129. The first-order chi connectivity index (χ1) is 8.12. The Bertz CT molecular complexity index is 346. The van der Waals surface area contributed by atoms with E-state index >= 15 is 0 Å². The van der Waals surface area contributed by atoms with Gasteiger partial charge in [0, 0.05) is 11.7 Å². The third kappa shape index (κ3) is 1.74. The Labute approximate surface area is 106 Å². The Hall–Kier alpha value is -0.435. The van der Waals surface area contributed by atoms with Crippen molar-refractivity contribution < 1.29 is 4.74 Å². The molecule has 1 atom stereocenters. The molecule has 0 aromatic rings. The predicted octanol–water partition coefficient (Wildman–Crippen LogP) is 2.65. The maximum atomic E-state index is 6.18. The smallest absolute Gasteiger partial charge is 0.0904 e. The molecule has 1 fully saturated rings. The quantitative estimate of drug-likeness (QED) is 0.643. The standard InChI is InChI=1S/C14H22BNO/c1-10(2)16-13-5-3-4-12(15)6-11(13)7-14(16)8-17-9-14/h10,12H,3-9H2,1-2H3. The summed E-state index contributed by atoms with van der Waals surface area (Å²) in [5, 5.41) is 0. The fourth-order valence-corrected chi connectivity index (χ4v) is 3.92. The summed E-state index contributed by atoms with van der Waals surface area (Å²) in [5.74, 6) is 0.382. The third-order valence-corrected chi connectivity index (χ3v) is 4.51. The Morgan fingerprint density at radius 1 is 1.41 bits per heavy atom. The van der Waals surface area contributed by atoms with Crippen LogP contribution in [-0.2, 0) is 4.74 Å². The summed E-state index contributed by atoms with van der Waals surface area (Å²) >= 11 is 0. The highest BCUT2D eigenvalue weighted by Gasteiger charge is 2.51. The third-order valence-electron chi connectivity index (χ3n) is 4.51. The number of allylic oxidation sites excluding steroid dienone is 1. The van der Waals surface area contributed by atoms with E-state index in [1.165, 1.54) is 25.7 Å². The average molecular weight is 231 g/mol. The summed E-state index contributed by atoms with van der Waals surface area (Å²) < 4.78 is 5.50. The van der Waals surface area contributed by atoms with E-state index in [4.69, 9.17) is 12.6 Å². The van der Waals surface area contributed by atoms with Crippen LogP contribution in [0.15, 0.2) is 11.3 Å². The summed E-state index contributed by atoms with van der Waals surface area (Å²) in [7, 11) is 6.18. The highest BCUT2D eigenvalue weighted by atomic mass is 16.5. The Morgan fingerprint density at radius 3 is 2.76 bits per heavy atom. The minimum Gasteiger partial charge on any atom is -0.376 e. The molecule has 0 saturated carbocycles. The van der Waals surface area contributed by atoms with Gasteiger partial charge in [-0.25, -0.2) is 0 Å². The molecule has 1 spiro atoms. The fourth-order valence-electron chi connectivity index (χ4n) is 3.92. The van der Waals surface area contributed by atoms with Crippen LogP contribution in [0.25, 0.3) is 0 Å². The minimum absolute atomic E-state index is 0.301. The molecule has 17 heavy (non-hydrogen) atoms. The van der Waals surface area contributed by atoms with Crippen LogP contribution < -0.4 is 0 Å².